The standard InChI is InChI=1S/C18H19N5O3/c1-11(24)16-10-19-22-23(16)14-7-13(8-14)20-18(25)17-9-15(21-26-17)12-5-3-2-4-6-12/h2-6,9-11,13-14,24H,7-8H2,1H3,(H,20,25)/p+1/t11-,13?,14?/m1/s1. The number of hydrogen-bond donors (Lipinski definition) is 2. The number of nitrogens with zero attached hydrogens (tertiary/aromatic N) is 3. The van der Waals surface area contributed by atoms with Crippen LogP contribution in [-0.2, 0) is 0 Å². The average molecular weight is 354 g/mol. The van der Waals surface area contributed by atoms with Gasteiger partial charge in [0.15, 0.2) is 0 Å². The quantitative estimate of drug-likeness (QED) is 0.723. The van der Waals surface area contributed by atoms with Crippen LogP contribution in [0.2, 0.25) is 0 Å². The van der Waals surface area contributed by atoms with Gasteiger partial charge in [-0.05, 0) is 37.1 Å². The normalized spacial score (nSPS) is 20.4. The number of carbonyl (C=O) groups is 1. The molecule has 1 aliphatic carbocycles. The van der Waals surface area contributed by atoms with Crippen molar-refractivity contribution in [2.75, 3.05) is 0 Å². The van der Waals surface area contributed by atoms with Crippen LogP contribution in [0.15, 0.2) is 47.1 Å². The number of hydrogen-bond acceptors (Lipinski definition) is 5. The van der Waals surface area contributed by atoms with Crippen LogP contribution in [0.3, 0.4) is 0 Å². The topological polar surface area (TPSA) is 107 Å². The highest BCUT2D eigenvalue weighted by Gasteiger charge is 2.35. The van der Waals surface area contributed by atoms with Gasteiger partial charge >= 0.3 is 0 Å². The average Bonchev–Trinajstić information content (AvgIpc) is 3.27. The van der Waals surface area contributed by atoms with Crippen LogP contribution in [0.4, 0.5) is 0 Å². The molecular formula is C18H20N5O3+. The van der Waals surface area contributed by atoms with E-state index in [1.165, 1.54) is 0 Å². The predicted octanol–water partition coefficient (Wildman–Crippen LogP) is 1.54. The molecule has 3 aromatic rings. The molecule has 1 amide bonds. The van der Waals surface area contributed by atoms with Crippen molar-refractivity contribution < 1.29 is 19.6 Å². The Kier molecular flexibility index (Phi) is 4.26. The van der Waals surface area contributed by atoms with Crippen LogP contribution in [0.1, 0.15) is 48.2 Å². The summed E-state index contributed by atoms with van der Waals surface area (Å²) in [5, 5.41) is 23.4. The van der Waals surface area contributed by atoms with Crippen LogP contribution in [0.25, 0.3) is 11.3 Å². The Hall–Kier alpha value is -3.00. The van der Waals surface area contributed by atoms with Crippen molar-refractivity contribution in [3.8, 4) is 11.3 Å². The molecule has 134 valence electrons. The van der Waals surface area contributed by atoms with Crippen molar-refractivity contribution in [1.29, 1.82) is 0 Å². The Labute approximate surface area is 149 Å². The van der Waals surface area contributed by atoms with Gasteiger partial charge in [-0.1, -0.05) is 23.4 Å². The van der Waals surface area contributed by atoms with Gasteiger partial charge < -0.3 is 10.4 Å². The molecule has 0 unspecified atom stereocenters. The number of benzene rings is 1. The molecule has 2 heterocycles. The predicted molar refractivity (Wildman–Crippen MR) is 90.9 cm³/mol. The molecule has 8 nitrogen and oxygen atoms in total. The maximum Gasteiger partial charge on any atom is 0.294 e. The van der Waals surface area contributed by atoms with Crippen molar-refractivity contribution >= 4 is 5.91 Å². The van der Waals surface area contributed by atoms with Gasteiger partial charge in [0.1, 0.15) is 0 Å². The lowest BCUT2D eigenvalue weighted by atomic mass is 9.86. The number of carbonyl (C=O) groups excluding carboxylic acids is 1. The first kappa shape index (κ1) is 16.5. The fraction of sp³-hybridized carbons (Fsp3) is 0.333. The molecule has 1 saturated carbocycles. The molecule has 0 spiro atoms. The molecular weight excluding hydrogens is 334 g/mol. The van der Waals surface area contributed by atoms with E-state index in [0.29, 0.717) is 5.69 Å². The molecule has 26 heavy (non-hydrogen) atoms. The monoisotopic (exact) mass is 354 g/mol. The van der Waals surface area contributed by atoms with Gasteiger partial charge in [0.05, 0.1) is 35.7 Å². The zero-order valence-corrected chi connectivity index (χ0v) is 14.3. The van der Waals surface area contributed by atoms with E-state index in [2.05, 4.69) is 20.8 Å². The van der Waals surface area contributed by atoms with E-state index in [4.69, 9.17) is 4.52 Å². The third-order valence-electron chi connectivity index (χ3n) is 4.68. The molecule has 1 aliphatic rings. The third-order valence-corrected chi connectivity index (χ3v) is 4.68. The molecule has 4 rings (SSSR count). The molecule has 1 atom stereocenters. The van der Waals surface area contributed by atoms with Gasteiger partial charge in [0.25, 0.3) is 17.4 Å². The summed E-state index contributed by atoms with van der Waals surface area (Å²) in [5.74, 6) is -0.000973. The van der Waals surface area contributed by atoms with Crippen molar-refractivity contribution in [1.82, 2.24) is 20.3 Å². The third kappa shape index (κ3) is 3.11. The minimum Gasteiger partial charge on any atom is -0.387 e. The minimum atomic E-state index is -0.617. The van der Waals surface area contributed by atoms with Crippen LogP contribution in [0.5, 0.6) is 0 Å². The Morgan fingerprint density at radius 2 is 2.15 bits per heavy atom. The Balaban J connectivity index is 1.36. The molecule has 0 bridgehead atoms. The van der Waals surface area contributed by atoms with Gasteiger partial charge in [0, 0.05) is 6.04 Å². The number of aromatic amines is 1. The van der Waals surface area contributed by atoms with Gasteiger partial charge in [-0.3, -0.25) is 4.79 Å². The van der Waals surface area contributed by atoms with Crippen LogP contribution >= 0.6 is 0 Å². The summed E-state index contributed by atoms with van der Waals surface area (Å²) < 4.78 is 7.04. The molecule has 0 aliphatic heterocycles. The largest absolute Gasteiger partial charge is 0.387 e. The lowest BCUT2D eigenvalue weighted by Gasteiger charge is -2.36. The first-order valence-corrected chi connectivity index (χ1v) is 8.57. The van der Waals surface area contributed by atoms with Crippen molar-refractivity contribution in [3.63, 3.8) is 0 Å². The van der Waals surface area contributed by atoms with Crippen LogP contribution in [-0.4, -0.2) is 32.0 Å². The molecule has 0 radical (unpaired) electrons. The van der Waals surface area contributed by atoms with Gasteiger partial charge in [-0.15, -0.1) is 5.10 Å². The Morgan fingerprint density at radius 1 is 1.38 bits per heavy atom. The van der Waals surface area contributed by atoms with E-state index in [1.54, 1.807) is 23.9 Å². The van der Waals surface area contributed by atoms with Gasteiger partial charge in [-0.25, -0.2) is 9.20 Å². The first-order valence-electron chi connectivity index (χ1n) is 8.57. The summed E-state index contributed by atoms with van der Waals surface area (Å²) in [5.41, 5.74) is 2.40. The van der Waals surface area contributed by atoms with E-state index < -0.39 is 6.10 Å². The van der Waals surface area contributed by atoms with Gasteiger partial charge in [0.2, 0.25) is 0 Å². The maximum atomic E-state index is 12.4. The number of H-pyrrole nitrogens is 1. The molecule has 1 fully saturated rings. The summed E-state index contributed by atoms with van der Waals surface area (Å²) in [4.78, 5) is 12.4. The Bertz CT molecular complexity index is 896. The SMILES string of the molecule is C[C@@H](O)c1cnnn1C1CC(NC(=O)c2cc(-c3ccccc3)[nH+]o2)C1. The fourth-order valence-corrected chi connectivity index (χ4v) is 3.17. The van der Waals surface area contributed by atoms with E-state index >= 15 is 0 Å². The summed E-state index contributed by atoms with van der Waals surface area (Å²) in [7, 11) is 0. The molecule has 2 aromatic heterocycles. The lowest BCUT2D eigenvalue weighted by Crippen LogP contribution is -2.45. The highest BCUT2D eigenvalue weighted by molar-refractivity contribution is 5.92. The van der Waals surface area contributed by atoms with E-state index in [-0.39, 0.29) is 23.8 Å². The van der Waals surface area contributed by atoms with Crippen molar-refractivity contribution in [2.45, 2.75) is 38.0 Å². The Morgan fingerprint density at radius 3 is 2.88 bits per heavy atom. The second kappa shape index (κ2) is 6.72. The number of aliphatic hydroxyl groups excluding tert-OH is 1. The van der Waals surface area contributed by atoms with Gasteiger partial charge in [-0.2, -0.15) is 0 Å². The van der Waals surface area contributed by atoms with E-state index in [0.717, 1.165) is 24.1 Å². The number of aliphatic hydroxyl groups is 1. The highest BCUT2D eigenvalue weighted by Crippen LogP contribution is 2.33. The number of nitrogens with one attached hydrogen (secondary N) is 2. The van der Waals surface area contributed by atoms with Crippen LogP contribution < -0.4 is 10.5 Å². The molecule has 0 saturated heterocycles. The van der Waals surface area contributed by atoms with E-state index in [9.17, 15) is 9.90 Å². The number of aromatic nitrogens is 4. The molecule has 3 N–H and O–H groups in total. The van der Waals surface area contributed by atoms with Crippen LogP contribution in [0, 0.1) is 0 Å². The maximum absolute atomic E-state index is 12.4. The number of amides is 1. The van der Waals surface area contributed by atoms with E-state index in [1.807, 2.05) is 30.3 Å². The molecule has 1 aromatic carbocycles. The second-order valence-electron chi connectivity index (χ2n) is 6.57. The lowest BCUT2D eigenvalue weighted by molar-refractivity contribution is -0.599. The highest BCUT2D eigenvalue weighted by atomic mass is 16.5. The summed E-state index contributed by atoms with van der Waals surface area (Å²) in [6.45, 7) is 1.69. The summed E-state index contributed by atoms with van der Waals surface area (Å²) >= 11 is 0. The fourth-order valence-electron chi connectivity index (χ4n) is 3.17. The zero-order valence-electron chi connectivity index (χ0n) is 14.3. The van der Waals surface area contributed by atoms with Crippen molar-refractivity contribution in [2.24, 2.45) is 0 Å². The van der Waals surface area contributed by atoms with Crippen molar-refractivity contribution in [3.05, 3.63) is 54.0 Å². The number of rotatable bonds is 5. The molecule has 8 heteroatoms. The first-order chi connectivity index (χ1) is 12.6. The summed E-state index contributed by atoms with van der Waals surface area (Å²) in [6.07, 6.45) is 2.43. The minimum absolute atomic E-state index is 0.0452. The zero-order chi connectivity index (χ0) is 18.1. The summed E-state index contributed by atoms with van der Waals surface area (Å²) in [6, 6.07) is 11.5. The second-order valence-corrected chi connectivity index (χ2v) is 6.57. The smallest absolute Gasteiger partial charge is 0.294 e.